The third kappa shape index (κ3) is 3.03. The summed E-state index contributed by atoms with van der Waals surface area (Å²) in [5.41, 5.74) is 0.432. The van der Waals surface area contributed by atoms with Gasteiger partial charge in [-0.3, -0.25) is 4.79 Å². The molecule has 0 heterocycles. The lowest BCUT2D eigenvalue weighted by Crippen LogP contribution is -2.12. The van der Waals surface area contributed by atoms with Crippen molar-refractivity contribution < 1.29 is 19.7 Å². The Labute approximate surface area is 123 Å². The van der Waals surface area contributed by atoms with E-state index in [1.807, 2.05) is 0 Å². The number of halogens is 1. The number of phenols is 2. The molecule has 2 aromatic rings. The van der Waals surface area contributed by atoms with Crippen molar-refractivity contribution in [3.8, 4) is 17.2 Å². The van der Waals surface area contributed by atoms with Gasteiger partial charge in [0.2, 0.25) is 0 Å². The number of nitrogens with one attached hydrogen (secondary N) is 1. The van der Waals surface area contributed by atoms with Gasteiger partial charge >= 0.3 is 0 Å². The second-order valence-electron chi connectivity index (χ2n) is 4.00. The largest absolute Gasteiger partial charge is 0.508 e. The van der Waals surface area contributed by atoms with Gasteiger partial charge in [-0.2, -0.15) is 0 Å². The van der Waals surface area contributed by atoms with Crippen LogP contribution in [0.4, 0.5) is 5.69 Å². The maximum absolute atomic E-state index is 12.1. The van der Waals surface area contributed by atoms with E-state index >= 15 is 0 Å². The van der Waals surface area contributed by atoms with Gasteiger partial charge in [0, 0.05) is 4.47 Å². The summed E-state index contributed by atoms with van der Waals surface area (Å²) in [4.78, 5) is 12.1. The molecule has 0 fully saturated rings. The number of anilines is 1. The summed E-state index contributed by atoms with van der Waals surface area (Å²) in [5.74, 6) is -0.376. The number of rotatable bonds is 3. The predicted molar refractivity (Wildman–Crippen MR) is 78.4 cm³/mol. The van der Waals surface area contributed by atoms with Crippen LogP contribution in [0.1, 0.15) is 10.4 Å². The first-order valence-electron chi connectivity index (χ1n) is 5.68. The number of hydrogen-bond acceptors (Lipinski definition) is 4. The van der Waals surface area contributed by atoms with Crippen LogP contribution in [0.3, 0.4) is 0 Å². The molecule has 1 amide bonds. The molecule has 0 bridgehead atoms. The number of ether oxygens (including phenoxy) is 1. The Kier molecular flexibility index (Phi) is 4.14. The highest BCUT2D eigenvalue weighted by molar-refractivity contribution is 9.10. The highest BCUT2D eigenvalue weighted by Crippen LogP contribution is 2.29. The predicted octanol–water partition coefficient (Wildman–Crippen LogP) is 3.12. The lowest BCUT2D eigenvalue weighted by molar-refractivity contribution is 0.102. The number of hydrogen-bond donors (Lipinski definition) is 3. The second-order valence-corrected chi connectivity index (χ2v) is 4.92. The first-order valence-corrected chi connectivity index (χ1v) is 6.47. The lowest BCUT2D eigenvalue weighted by Gasteiger charge is -2.11. The molecule has 0 radical (unpaired) electrons. The van der Waals surface area contributed by atoms with E-state index < -0.39 is 5.91 Å². The summed E-state index contributed by atoms with van der Waals surface area (Å²) < 4.78 is 5.92. The van der Waals surface area contributed by atoms with Crippen LogP contribution in [0.2, 0.25) is 0 Å². The van der Waals surface area contributed by atoms with Crippen molar-refractivity contribution in [2.75, 3.05) is 12.4 Å². The van der Waals surface area contributed by atoms with Crippen molar-refractivity contribution in [2.24, 2.45) is 0 Å². The van der Waals surface area contributed by atoms with E-state index in [2.05, 4.69) is 21.2 Å². The maximum Gasteiger partial charge on any atom is 0.259 e. The zero-order valence-corrected chi connectivity index (χ0v) is 12.1. The number of phenolic OH excluding ortho intramolecular Hbond substituents is 2. The standard InChI is InChI=1S/C14H12BrNO4/c1-20-13-5-2-8(15)6-11(13)16-14(19)10-7-9(17)3-4-12(10)18/h2-7,17-18H,1H3,(H,16,19). The zero-order valence-electron chi connectivity index (χ0n) is 10.6. The first kappa shape index (κ1) is 14.2. The minimum Gasteiger partial charge on any atom is -0.508 e. The minimum absolute atomic E-state index is 0.0213. The highest BCUT2D eigenvalue weighted by atomic mass is 79.9. The topological polar surface area (TPSA) is 78.8 Å². The van der Waals surface area contributed by atoms with E-state index in [1.165, 1.54) is 25.3 Å². The average Bonchev–Trinajstić information content (AvgIpc) is 2.41. The number of aromatic hydroxyl groups is 2. The molecule has 0 aliphatic rings. The van der Waals surface area contributed by atoms with Crippen molar-refractivity contribution in [1.29, 1.82) is 0 Å². The summed E-state index contributed by atoms with van der Waals surface area (Å²) in [7, 11) is 1.49. The Morgan fingerprint density at radius 2 is 1.95 bits per heavy atom. The Morgan fingerprint density at radius 1 is 1.20 bits per heavy atom. The third-order valence-electron chi connectivity index (χ3n) is 2.63. The van der Waals surface area contributed by atoms with Crippen LogP contribution >= 0.6 is 15.9 Å². The quantitative estimate of drug-likeness (QED) is 0.752. The Balaban J connectivity index is 2.32. The van der Waals surface area contributed by atoms with Crippen LogP contribution in [0.25, 0.3) is 0 Å². The molecule has 6 heteroatoms. The molecule has 3 N–H and O–H groups in total. The van der Waals surface area contributed by atoms with Crippen LogP contribution in [0, 0.1) is 0 Å². The minimum atomic E-state index is -0.546. The van der Waals surface area contributed by atoms with Gasteiger partial charge in [0.25, 0.3) is 5.91 Å². The van der Waals surface area contributed by atoms with Crippen molar-refractivity contribution in [3.05, 3.63) is 46.4 Å². The van der Waals surface area contributed by atoms with E-state index in [9.17, 15) is 15.0 Å². The van der Waals surface area contributed by atoms with Crippen LogP contribution in [-0.4, -0.2) is 23.2 Å². The van der Waals surface area contributed by atoms with Gasteiger partial charge in [-0.1, -0.05) is 15.9 Å². The van der Waals surface area contributed by atoms with Crippen LogP contribution in [0.5, 0.6) is 17.2 Å². The summed E-state index contributed by atoms with van der Waals surface area (Å²) in [5, 5.41) is 21.6. The number of methoxy groups -OCH3 is 1. The van der Waals surface area contributed by atoms with Gasteiger partial charge in [0.15, 0.2) is 0 Å². The van der Waals surface area contributed by atoms with Gasteiger partial charge in [-0.15, -0.1) is 0 Å². The molecular formula is C14H12BrNO4. The van der Waals surface area contributed by atoms with E-state index in [0.717, 1.165) is 4.47 Å². The number of carbonyl (C=O) groups excluding carboxylic acids is 1. The number of amides is 1. The smallest absolute Gasteiger partial charge is 0.259 e. The monoisotopic (exact) mass is 337 g/mol. The first-order chi connectivity index (χ1) is 9.51. The summed E-state index contributed by atoms with van der Waals surface area (Å²) >= 11 is 3.30. The fraction of sp³-hybridized carbons (Fsp3) is 0.0714. The number of carbonyl (C=O) groups is 1. The van der Waals surface area contributed by atoms with Gasteiger partial charge < -0.3 is 20.3 Å². The molecule has 0 unspecified atom stereocenters. The van der Waals surface area contributed by atoms with Crippen molar-refractivity contribution in [3.63, 3.8) is 0 Å². The van der Waals surface area contributed by atoms with E-state index in [4.69, 9.17) is 4.74 Å². The van der Waals surface area contributed by atoms with Crippen molar-refractivity contribution in [2.45, 2.75) is 0 Å². The second kappa shape index (κ2) is 5.83. The van der Waals surface area contributed by atoms with Gasteiger partial charge in [0.05, 0.1) is 18.4 Å². The molecule has 2 aromatic carbocycles. The zero-order chi connectivity index (χ0) is 14.7. The van der Waals surface area contributed by atoms with Crippen molar-refractivity contribution >= 4 is 27.5 Å². The summed E-state index contributed by atoms with van der Waals surface area (Å²) in [6.45, 7) is 0. The molecule has 104 valence electrons. The van der Waals surface area contributed by atoms with Crippen LogP contribution < -0.4 is 10.1 Å². The molecule has 0 saturated heterocycles. The SMILES string of the molecule is COc1ccc(Br)cc1NC(=O)c1cc(O)ccc1O. The Bertz CT molecular complexity index is 658. The Morgan fingerprint density at radius 3 is 2.65 bits per heavy atom. The highest BCUT2D eigenvalue weighted by Gasteiger charge is 2.14. The molecule has 20 heavy (non-hydrogen) atoms. The lowest BCUT2D eigenvalue weighted by atomic mass is 10.1. The molecule has 0 aliphatic carbocycles. The van der Waals surface area contributed by atoms with Gasteiger partial charge in [-0.25, -0.2) is 0 Å². The third-order valence-corrected chi connectivity index (χ3v) is 3.13. The maximum atomic E-state index is 12.1. The fourth-order valence-electron chi connectivity index (χ4n) is 1.67. The van der Waals surface area contributed by atoms with Gasteiger partial charge in [0.1, 0.15) is 17.2 Å². The molecule has 5 nitrogen and oxygen atoms in total. The van der Waals surface area contributed by atoms with Crippen LogP contribution in [-0.2, 0) is 0 Å². The summed E-state index contributed by atoms with van der Waals surface area (Å²) in [6.07, 6.45) is 0. The van der Waals surface area contributed by atoms with E-state index in [1.54, 1.807) is 18.2 Å². The Hall–Kier alpha value is -2.21. The van der Waals surface area contributed by atoms with E-state index in [-0.39, 0.29) is 17.1 Å². The molecular weight excluding hydrogens is 326 g/mol. The van der Waals surface area contributed by atoms with Gasteiger partial charge in [-0.05, 0) is 36.4 Å². The number of benzene rings is 2. The van der Waals surface area contributed by atoms with Crippen molar-refractivity contribution in [1.82, 2.24) is 0 Å². The molecule has 0 atom stereocenters. The van der Waals surface area contributed by atoms with Crippen LogP contribution in [0.15, 0.2) is 40.9 Å². The molecule has 0 spiro atoms. The summed E-state index contributed by atoms with van der Waals surface area (Å²) in [6, 6.07) is 8.89. The fourth-order valence-corrected chi connectivity index (χ4v) is 2.03. The average molecular weight is 338 g/mol. The molecule has 0 aromatic heterocycles. The normalized spacial score (nSPS) is 10.1. The molecule has 0 saturated carbocycles. The molecule has 2 rings (SSSR count). The van der Waals surface area contributed by atoms with E-state index in [0.29, 0.717) is 11.4 Å². The molecule has 0 aliphatic heterocycles.